The molecule has 1 heterocycles. The van der Waals surface area contributed by atoms with E-state index in [1.807, 2.05) is 38.1 Å². The molecule has 122 valence electrons. The maximum Gasteiger partial charge on any atom is 0.270 e. The number of amides is 1. The molecular weight excluding hydrogens is 292 g/mol. The quantitative estimate of drug-likeness (QED) is 0.820. The lowest BCUT2D eigenvalue weighted by Crippen LogP contribution is -2.30. The summed E-state index contributed by atoms with van der Waals surface area (Å²) in [6.45, 7) is 4.54. The van der Waals surface area contributed by atoms with Crippen molar-refractivity contribution in [3.63, 3.8) is 0 Å². The highest BCUT2D eigenvalue weighted by molar-refractivity contribution is 5.92. The molecule has 0 radical (unpaired) electrons. The number of hydrogen-bond acceptors (Lipinski definition) is 5. The third-order valence-corrected chi connectivity index (χ3v) is 3.20. The van der Waals surface area contributed by atoms with E-state index in [0.717, 1.165) is 12.2 Å². The highest BCUT2D eigenvalue weighted by atomic mass is 16.5. The first kappa shape index (κ1) is 16.7. The zero-order chi connectivity index (χ0) is 16.7. The average Bonchev–Trinajstić information content (AvgIpc) is 2.55. The van der Waals surface area contributed by atoms with Crippen LogP contribution < -0.4 is 15.4 Å². The number of rotatable bonds is 7. The lowest BCUT2D eigenvalue weighted by molar-refractivity contribution is 0.0938. The van der Waals surface area contributed by atoms with Crippen molar-refractivity contribution < 1.29 is 9.53 Å². The molecule has 0 aliphatic heterocycles. The van der Waals surface area contributed by atoms with Gasteiger partial charge in [0.25, 0.3) is 5.91 Å². The molecule has 0 atom stereocenters. The van der Waals surface area contributed by atoms with Crippen LogP contribution in [0.3, 0.4) is 0 Å². The van der Waals surface area contributed by atoms with Crippen LogP contribution >= 0.6 is 0 Å². The SMILES string of the molecule is COc1ccc(CCNc2cc(C(=O)NC(C)C)ncn2)cc1. The molecule has 0 aliphatic carbocycles. The molecule has 0 saturated heterocycles. The van der Waals surface area contributed by atoms with Crippen LogP contribution in [0, 0.1) is 0 Å². The van der Waals surface area contributed by atoms with Crippen LogP contribution in [0.4, 0.5) is 5.82 Å². The monoisotopic (exact) mass is 314 g/mol. The number of benzene rings is 1. The van der Waals surface area contributed by atoms with Crippen LogP contribution in [0.15, 0.2) is 36.7 Å². The summed E-state index contributed by atoms with van der Waals surface area (Å²) in [5.41, 5.74) is 1.56. The smallest absolute Gasteiger partial charge is 0.270 e. The van der Waals surface area contributed by atoms with E-state index in [1.165, 1.54) is 11.9 Å². The molecule has 2 aromatic rings. The van der Waals surface area contributed by atoms with Crippen LogP contribution in [-0.4, -0.2) is 35.6 Å². The third kappa shape index (κ3) is 5.25. The summed E-state index contributed by atoms with van der Waals surface area (Å²) in [7, 11) is 1.65. The highest BCUT2D eigenvalue weighted by Crippen LogP contribution is 2.12. The number of carbonyl (C=O) groups excluding carboxylic acids is 1. The first-order valence-corrected chi connectivity index (χ1v) is 7.58. The van der Waals surface area contributed by atoms with E-state index in [1.54, 1.807) is 13.2 Å². The summed E-state index contributed by atoms with van der Waals surface area (Å²) in [4.78, 5) is 20.1. The van der Waals surface area contributed by atoms with Gasteiger partial charge in [-0.3, -0.25) is 4.79 Å². The predicted molar refractivity (Wildman–Crippen MR) is 89.8 cm³/mol. The number of hydrogen-bond donors (Lipinski definition) is 2. The number of nitrogens with zero attached hydrogens (tertiary/aromatic N) is 2. The largest absolute Gasteiger partial charge is 0.497 e. The molecule has 23 heavy (non-hydrogen) atoms. The molecule has 6 heteroatoms. The first-order valence-electron chi connectivity index (χ1n) is 7.58. The van der Waals surface area contributed by atoms with Gasteiger partial charge in [-0.25, -0.2) is 9.97 Å². The van der Waals surface area contributed by atoms with Crippen molar-refractivity contribution in [2.45, 2.75) is 26.3 Å². The zero-order valence-corrected chi connectivity index (χ0v) is 13.7. The molecule has 2 rings (SSSR count). The van der Waals surface area contributed by atoms with Crippen molar-refractivity contribution >= 4 is 11.7 Å². The molecule has 0 bridgehead atoms. The fourth-order valence-corrected chi connectivity index (χ4v) is 2.04. The summed E-state index contributed by atoms with van der Waals surface area (Å²) >= 11 is 0. The van der Waals surface area contributed by atoms with Crippen molar-refractivity contribution in [2.24, 2.45) is 0 Å². The third-order valence-electron chi connectivity index (χ3n) is 3.20. The van der Waals surface area contributed by atoms with Gasteiger partial charge in [-0.1, -0.05) is 12.1 Å². The average molecular weight is 314 g/mol. The molecule has 1 aromatic carbocycles. The van der Waals surface area contributed by atoms with Crippen molar-refractivity contribution in [3.8, 4) is 5.75 Å². The van der Waals surface area contributed by atoms with Gasteiger partial charge in [-0.05, 0) is 38.0 Å². The van der Waals surface area contributed by atoms with Crippen LogP contribution in [0.1, 0.15) is 29.9 Å². The normalized spacial score (nSPS) is 10.4. The van der Waals surface area contributed by atoms with E-state index in [4.69, 9.17) is 4.74 Å². The van der Waals surface area contributed by atoms with Gasteiger partial charge in [-0.15, -0.1) is 0 Å². The van der Waals surface area contributed by atoms with Crippen molar-refractivity contribution in [2.75, 3.05) is 19.0 Å². The minimum Gasteiger partial charge on any atom is -0.497 e. The molecule has 0 unspecified atom stereocenters. The molecule has 6 nitrogen and oxygen atoms in total. The second kappa shape index (κ2) is 8.12. The van der Waals surface area contributed by atoms with Crippen LogP contribution in [-0.2, 0) is 6.42 Å². The number of nitrogens with one attached hydrogen (secondary N) is 2. The Morgan fingerprint density at radius 1 is 1.22 bits per heavy atom. The minimum atomic E-state index is -0.194. The van der Waals surface area contributed by atoms with E-state index < -0.39 is 0 Å². The lowest BCUT2D eigenvalue weighted by Gasteiger charge is -2.09. The van der Waals surface area contributed by atoms with E-state index in [0.29, 0.717) is 18.1 Å². The Labute approximate surface area is 136 Å². The summed E-state index contributed by atoms with van der Waals surface area (Å²) < 4.78 is 5.14. The molecule has 1 aromatic heterocycles. The van der Waals surface area contributed by atoms with E-state index >= 15 is 0 Å². The van der Waals surface area contributed by atoms with Crippen molar-refractivity contribution in [1.82, 2.24) is 15.3 Å². The van der Waals surface area contributed by atoms with Crippen LogP contribution in [0.5, 0.6) is 5.75 Å². The number of aromatic nitrogens is 2. The summed E-state index contributed by atoms with van der Waals surface area (Å²) in [6.07, 6.45) is 2.24. The number of ether oxygens (including phenoxy) is 1. The Morgan fingerprint density at radius 2 is 1.96 bits per heavy atom. The fourth-order valence-electron chi connectivity index (χ4n) is 2.04. The maximum atomic E-state index is 11.9. The number of anilines is 1. The van der Waals surface area contributed by atoms with Crippen LogP contribution in [0.25, 0.3) is 0 Å². The standard InChI is InChI=1S/C17H22N4O2/c1-12(2)21-17(22)15-10-16(20-11-19-15)18-9-8-13-4-6-14(23-3)7-5-13/h4-7,10-12H,8-9H2,1-3H3,(H,21,22)(H,18,19,20). The Balaban J connectivity index is 1.89. The van der Waals surface area contributed by atoms with Gasteiger partial charge >= 0.3 is 0 Å². The summed E-state index contributed by atoms with van der Waals surface area (Å²) in [5.74, 6) is 1.29. The van der Waals surface area contributed by atoms with Gasteiger partial charge in [0.2, 0.25) is 0 Å². The van der Waals surface area contributed by atoms with Crippen molar-refractivity contribution in [1.29, 1.82) is 0 Å². The van der Waals surface area contributed by atoms with Gasteiger partial charge in [0.1, 0.15) is 23.6 Å². The molecule has 0 saturated carbocycles. The Morgan fingerprint density at radius 3 is 2.61 bits per heavy atom. The van der Waals surface area contributed by atoms with E-state index in [2.05, 4.69) is 20.6 Å². The molecule has 0 fully saturated rings. The zero-order valence-electron chi connectivity index (χ0n) is 13.7. The second-order valence-electron chi connectivity index (χ2n) is 5.44. The summed E-state index contributed by atoms with van der Waals surface area (Å²) in [6, 6.07) is 9.67. The van der Waals surface area contributed by atoms with Gasteiger partial charge in [-0.2, -0.15) is 0 Å². The Kier molecular flexibility index (Phi) is 5.91. The predicted octanol–water partition coefficient (Wildman–Crippen LogP) is 2.28. The Hall–Kier alpha value is -2.63. The fraction of sp³-hybridized carbons (Fsp3) is 0.353. The maximum absolute atomic E-state index is 11.9. The Bertz CT molecular complexity index is 641. The van der Waals surface area contributed by atoms with E-state index in [9.17, 15) is 4.79 Å². The van der Waals surface area contributed by atoms with Gasteiger partial charge in [0, 0.05) is 18.7 Å². The topological polar surface area (TPSA) is 76.1 Å². The first-order chi connectivity index (χ1) is 11.1. The second-order valence-corrected chi connectivity index (χ2v) is 5.44. The van der Waals surface area contributed by atoms with Gasteiger partial charge in [0.15, 0.2) is 0 Å². The number of carbonyl (C=O) groups is 1. The number of methoxy groups -OCH3 is 1. The molecular formula is C17H22N4O2. The molecule has 1 amide bonds. The minimum absolute atomic E-state index is 0.0731. The highest BCUT2D eigenvalue weighted by Gasteiger charge is 2.09. The van der Waals surface area contributed by atoms with Gasteiger partial charge in [0.05, 0.1) is 7.11 Å². The lowest BCUT2D eigenvalue weighted by atomic mass is 10.1. The van der Waals surface area contributed by atoms with Crippen LogP contribution in [0.2, 0.25) is 0 Å². The molecule has 2 N–H and O–H groups in total. The van der Waals surface area contributed by atoms with Crippen molar-refractivity contribution in [3.05, 3.63) is 47.9 Å². The summed E-state index contributed by atoms with van der Waals surface area (Å²) in [5, 5.41) is 6.02. The van der Waals surface area contributed by atoms with E-state index in [-0.39, 0.29) is 11.9 Å². The van der Waals surface area contributed by atoms with Gasteiger partial charge < -0.3 is 15.4 Å². The molecule has 0 aliphatic rings. The molecule has 0 spiro atoms.